The maximum Gasteiger partial charge on any atom is 0.376 e. The van der Waals surface area contributed by atoms with Gasteiger partial charge in [-0.15, -0.1) is 0 Å². The van der Waals surface area contributed by atoms with E-state index in [-0.39, 0.29) is 0 Å². The van der Waals surface area contributed by atoms with Crippen molar-refractivity contribution in [1.82, 2.24) is 0 Å². The van der Waals surface area contributed by atoms with E-state index in [1.807, 2.05) is 0 Å². The summed E-state index contributed by atoms with van der Waals surface area (Å²) in [4.78, 5) is 0. The van der Waals surface area contributed by atoms with Gasteiger partial charge in [-0.2, -0.15) is 35.1 Å². The van der Waals surface area contributed by atoms with Crippen LogP contribution >= 0.6 is 0 Å². The van der Waals surface area contributed by atoms with Crippen molar-refractivity contribution in [2.45, 2.75) is 65.3 Å². The molecule has 0 spiro atoms. The Balaban J connectivity index is 2.79. The molecular weight excluding hydrogens is 476 g/mol. The smallest absolute Gasteiger partial charge is 0.323 e. The van der Waals surface area contributed by atoms with Crippen LogP contribution in [0.2, 0.25) is 0 Å². The Bertz CT molecular complexity index is 701. The maximum absolute atomic E-state index is 15.0. The Morgan fingerprint density at radius 1 is 0.500 bits per heavy atom. The number of hydrogen-bond donors (Lipinski definition) is 0. The molecule has 0 aromatic rings. The summed E-state index contributed by atoms with van der Waals surface area (Å²) in [6, 6.07) is 0. The quantitative estimate of drug-likeness (QED) is 0.487. The minimum Gasteiger partial charge on any atom is -0.323 e. The third-order valence-electron chi connectivity index (χ3n) is 6.45. The first kappa shape index (κ1) is 23.5. The van der Waals surface area contributed by atoms with Crippen LogP contribution in [0.1, 0.15) is 6.92 Å². The van der Waals surface area contributed by atoms with Gasteiger partial charge < -0.3 is 4.74 Å². The lowest BCUT2D eigenvalue weighted by molar-refractivity contribution is -0.625. The zero-order valence-electron chi connectivity index (χ0n) is 14.0. The SMILES string of the molecule is COC(F)(F)C12C(C)(F)C3(F)C(F)(F)C(F)(C(F)(F)C(F)(C3(F)F)C1(F)F)C2(F)F. The summed E-state index contributed by atoms with van der Waals surface area (Å²) in [6.07, 6.45) is -6.86. The van der Waals surface area contributed by atoms with E-state index in [4.69, 9.17) is 0 Å². The number of rotatable bonds is 2. The van der Waals surface area contributed by atoms with Crippen LogP contribution in [-0.4, -0.2) is 65.5 Å². The van der Waals surface area contributed by atoms with Gasteiger partial charge in [0.05, 0.1) is 0 Å². The molecular formula is C13H6F16O. The van der Waals surface area contributed by atoms with E-state index < -0.39 is 77.8 Å². The average molecular weight is 482 g/mol. The van der Waals surface area contributed by atoms with Gasteiger partial charge in [0.1, 0.15) is 0 Å². The first-order valence-corrected chi connectivity index (χ1v) is 7.39. The summed E-state index contributed by atoms with van der Waals surface area (Å²) in [7, 11) is -0.560. The molecule has 0 aliphatic heterocycles. The topological polar surface area (TPSA) is 9.23 Å². The molecule has 30 heavy (non-hydrogen) atoms. The molecule has 0 saturated heterocycles. The van der Waals surface area contributed by atoms with Crippen LogP contribution in [0.5, 0.6) is 0 Å². The Kier molecular flexibility index (Phi) is 3.62. The fourth-order valence-electron chi connectivity index (χ4n) is 5.04. The molecule has 3 atom stereocenters. The molecule has 17 heteroatoms. The second-order valence-electron chi connectivity index (χ2n) is 7.32. The highest BCUT2D eigenvalue weighted by Gasteiger charge is 3.23. The van der Waals surface area contributed by atoms with Crippen molar-refractivity contribution >= 4 is 0 Å². The van der Waals surface area contributed by atoms with Gasteiger partial charge in [0.15, 0.2) is 5.67 Å². The van der Waals surface area contributed by atoms with E-state index in [9.17, 15) is 65.9 Å². The van der Waals surface area contributed by atoms with Crippen molar-refractivity contribution in [3.63, 3.8) is 0 Å². The zero-order valence-corrected chi connectivity index (χ0v) is 14.0. The molecule has 176 valence electrons. The maximum atomic E-state index is 15.0. The molecule has 4 rings (SSSR count). The van der Waals surface area contributed by atoms with Crippen molar-refractivity contribution in [3.05, 3.63) is 0 Å². The van der Waals surface area contributed by atoms with E-state index in [1.165, 1.54) is 0 Å². The number of methoxy groups -OCH3 is 1. The van der Waals surface area contributed by atoms with Crippen LogP contribution in [0.15, 0.2) is 0 Å². The van der Waals surface area contributed by atoms with Crippen LogP contribution in [-0.2, 0) is 4.74 Å². The molecule has 1 nitrogen and oxygen atoms in total. The normalized spacial score (nSPS) is 51.8. The molecule has 0 N–H and O–H groups in total. The van der Waals surface area contributed by atoms with Crippen molar-refractivity contribution in [2.24, 2.45) is 5.41 Å². The highest BCUT2D eigenvalue weighted by Crippen LogP contribution is 2.92. The molecule has 3 unspecified atom stereocenters. The van der Waals surface area contributed by atoms with E-state index in [1.54, 1.807) is 0 Å². The Hall–Kier alpha value is -1.16. The van der Waals surface area contributed by atoms with Gasteiger partial charge in [-0.25, -0.2) is 35.1 Å². The number of halogens is 16. The minimum atomic E-state index is -7.93. The van der Waals surface area contributed by atoms with Crippen molar-refractivity contribution < 1.29 is 75.0 Å². The monoisotopic (exact) mass is 482 g/mol. The van der Waals surface area contributed by atoms with Crippen LogP contribution < -0.4 is 0 Å². The fraction of sp³-hybridized carbons (Fsp3) is 1.00. The standard InChI is InChI=1S/C13H6F16O/c1-3(14)4(13(28,29)30-2)8(18,19)6(16)10(22,23)5(3,15)11(24,25)7(17,9(4,20)21)12(6,26)27/h1-2H3. The third kappa shape index (κ3) is 1.27. The molecule has 4 bridgehead atoms. The van der Waals surface area contributed by atoms with Gasteiger partial charge in [-0.1, -0.05) is 0 Å². The molecule has 4 saturated carbocycles. The summed E-state index contributed by atoms with van der Waals surface area (Å²) in [5, 5.41) is 0. The Labute approximate surface area is 154 Å². The fourth-order valence-corrected chi connectivity index (χ4v) is 5.04. The van der Waals surface area contributed by atoms with E-state index in [2.05, 4.69) is 4.74 Å². The van der Waals surface area contributed by atoms with Gasteiger partial charge >= 0.3 is 47.1 Å². The summed E-state index contributed by atoms with van der Waals surface area (Å²) in [5.74, 6) is -39.0. The molecule has 0 heterocycles. The summed E-state index contributed by atoms with van der Waals surface area (Å²) in [5.41, 5.74) is -37.0. The lowest BCUT2D eigenvalue weighted by atomic mass is 9.33. The molecule has 0 aromatic heterocycles. The molecule has 0 aromatic carbocycles. The molecule has 4 fully saturated rings. The first-order chi connectivity index (χ1) is 12.8. The molecule has 4 aliphatic rings. The van der Waals surface area contributed by atoms with Crippen LogP contribution in [0.4, 0.5) is 70.2 Å². The number of alkyl halides is 16. The summed E-state index contributed by atoms with van der Waals surface area (Å²) < 4.78 is 234. The Morgan fingerprint density at radius 2 is 0.767 bits per heavy atom. The lowest BCUT2D eigenvalue weighted by Crippen LogP contribution is -3.09. The van der Waals surface area contributed by atoms with E-state index in [0.29, 0.717) is 0 Å². The minimum absolute atomic E-state index is 0.560. The average Bonchev–Trinajstić information content (AvgIpc) is 2.54. The molecule has 0 radical (unpaired) electrons. The second-order valence-corrected chi connectivity index (χ2v) is 7.32. The largest absolute Gasteiger partial charge is 0.376 e. The highest BCUT2D eigenvalue weighted by atomic mass is 19.3. The third-order valence-corrected chi connectivity index (χ3v) is 6.45. The van der Waals surface area contributed by atoms with Crippen molar-refractivity contribution in [1.29, 1.82) is 0 Å². The first-order valence-electron chi connectivity index (χ1n) is 7.39. The second kappa shape index (κ2) is 4.63. The van der Waals surface area contributed by atoms with Gasteiger partial charge in [-0.3, -0.25) is 0 Å². The zero-order chi connectivity index (χ0) is 24.2. The van der Waals surface area contributed by atoms with Gasteiger partial charge in [0.2, 0.25) is 5.41 Å². The molecule has 4 aliphatic carbocycles. The van der Waals surface area contributed by atoms with Crippen LogP contribution in [0, 0.1) is 5.41 Å². The Morgan fingerprint density at radius 3 is 1.03 bits per heavy atom. The van der Waals surface area contributed by atoms with Gasteiger partial charge in [-0.05, 0) is 6.92 Å². The van der Waals surface area contributed by atoms with E-state index >= 15 is 4.39 Å². The highest BCUT2D eigenvalue weighted by molar-refractivity contribution is 5.54. The number of hydrogen-bond acceptors (Lipinski definition) is 1. The van der Waals surface area contributed by atoms with Crippen LogP contribution in [0.25, 0.3) is 0 Å². The van der Waals surface area contributed by atoms with Crippen molar-refractivity contribution in [2.75, 3.05) is 7.11 Å². The predicted molar refractivity (Wildman–Crippen MR) is 60.2 cm³/mol. The van der Waals surface area contributed by atoms with Crippen LogP contribution in [0.3, 0.4) is 0 Å². The summed E-state index contributed by atoms with van der Waals surface area (Å²) in [6.45, 7) is -1.41. The van der Waals surface area contributed by atoms with Gasteiger partial charge in [0.25, 0.3) is 5.67 Å². The molecule has 0 amide bonds. The predicted octanol–water partition coefficient (Wildman–Crippen LogP) is 5.28. The van der Waals surface area contributed by atoms with Gasteiger partial charge in [0, 0.05) is 7.11 Å². The van der Waals surface area contributed by atoms with Crippen molar-refractivity contribution in [3.8, 4) is 0 Å². The van der Waals surface area contributed by atoms with E-state index in [0.717, 1.165) is 0 Å². The summed E-state index contributed by atoms with van der Waals surface area (Å²) >= 11 is 0. The number of ether oxygens (including phenoxy) is 1. The lowest BCUT2D eigenvalue weighted by Gasteiger charge is -2.77.